The van der Waals surface area contributed by atoms with E-state index < -0.39 is 5.97 Å². The van der Waals surface area contributed by atoms with Crippen molar-refractivity contribution in [2.45, 2.75) is 52.4 Å². The number of pyridine rings is 3. The SMILES string of the molecule is C=Cc1ccc(C(=O)O)nc1.CC(C)(C)c1c[c-]c(-c2ccc3ccccc3n2)cc1.CC(C)(C)c1c[c-]c(-c2ccc3ccccc3n2)cc1.[Ir]. The molecule has 0 fully saturated rings. The zero-order valence-electron chi connectivity index (χ0n) is 30.4. The summed E-state index contributed by atoms with van der Waals surface area (Å²) in [6.07, 6.45) is 3.08. The number of aromatic carboxylic acids is 1. The monoisotopic (exact) mass is 862 g/mol. The second-order valence-corrected chi connectivity index (χ2v) is 14.2. The number of rotatable bonds is 4. The van der Waals surface area contributed by atoms with E-state index in [9.17, 15) is 4.79 Å². The summed E-state index contributed by atoms with van der Waals surface area (Å²) in [5.74, 6) is -1.01. The van der Waals surface area contributed by atoms with Gasteiger partial charge in [0.15, 0.2) is 0 Å². The normalized spacial score (nSPS) is 11.0. The Bertz CT molecular complexity index is 2120. The molecule has 7 rings (SSSR count). The Morgan fingerprint density at radius 3 is 1.44 bits per heavy atom. The van der Waals surface area contributed by atoms with Crippen LogP contribution in [0.4, 0.5) is 0 Å². The van der Waals surface area contributed by atoms with Gasteiger partial charge >= 0.3 is 5.97 Å². The standard InChI is InChI=1S/2C19H18N.C8H7NO2.Ir/c2*1-19(2,3)16-11-8-15(9-12-16)18-13-10-14-6-4-5-7-17(14)20-18;1-2-6-3-4-7(8(10)11)9-5-6;/h2*4-8,10-13H,1-3H3;2-5H,1H2,(H,10,11);/q2*-1;;. The van der Waals surface area contributed by atoms with Gasteiger partial charge in [-0.3, -0.25) is 9.97 Å². The number of carboxylic acids is 1. The summed E-state index contributed by atoms with van der Waals surface area (Å²) in [6.45, 7) is 16.8. The van der Waals surface area contributed by atoms with E-state index in [1.807, 2.05) is 36.4 Å². The number of para-hydroxylation sites is 2. The van der Waals surface area contributed by atoms with Crippen molar-refractivity contribution in [3.05, 3.63) is 169 Å². The molecule has 265 valence electrons. The first kappa shape index (κ1) is 39.5. The largest absolute Gasteiger partial charge is 0.477 e. The third-order valence-electron chi connectivity index (χ3n) is 8.35. The van der Waals surface area contributed by atoms with Crippen molar-refractivity contribution in [1.82, 2.24) is 15.0 Å². The summed E-state index contributed by atoms with van der Waals surface area (Å²) in [6, 6.07) is 47.2. The molecule has 0 saturated carbocycles. The molecular formula is C46H43IrN3O2-2. The quantitative estimate of drug-likeness (QED) is 0.178. The molecule has 7 aromatic rings. The average Bonchev–Trinajstić information content (AvgIpc) is 3.14. The molecule has 0 bridgehead atoms. The Balaban J connectivity index is 0.000000181. The third kappa shape index (κ3) is 10.4. The summed E-state index contributed by atoms with van der Waals surface area (Å²) < 4.78 is 0. The summed E-state index contributed by atoms with van der Waals surface area (Å²) in [5, 5.41) is 10.8. The van der Waals surface area contributed by atoms with Crippen molar-refractivity contribution in [1.29, 1.82) is 0 Å². The maximum absolute atomic E-state index is 10.3. The molecule has 0 amide bonds. The topological polar surface area (TPSA) is 76.0 Å². The molecule has 1 N–H and O–H groups in total. The minimum absolute atomic E-state index is 0. The van der Waals surface area contributed by atoms with Crippen molar-refractivity contribution in [3.8, 4) is 22.5 Å². The van der Waals surface area contributed by atoms with Crippen LogP contribution >= 0.6 is 0 Å². The zero-order chi connectivity index (χ0) is 36.6. The number of hydrogen-bond donors (Lipinski definition) is 1. The van der Waals surface area contributed by atoms with Gasteiger partial charge in [-0.15, -0.1) is 70.8 Å². The van der Waals surface area contributed by atoms with Crippen LogP contribution in [0.1, 0.15) is 68.7 Å². The van der Waals surface area contributed by atoms with Crippen LogP contribution in [0.3, 0.4) is 0 Å². The first-order valence-electron chi connectivity index (χ1n) is 16.9. The van der Waals surface area contributed by atoms with Crippen molar-refractivity contribution in [2.75, 3.05) is 0 Å². The minimum atomic E-state index is -1.01. The third-order valence-corrected chi connectivity index (χ3v) is 8.35. The molecule has 0 aliphatic carbocycles. The second kappa shape index (κ2) is 17.3. The number of benzene rings is 4. The Hall–Kier alpha value is -5.29. The Morgan fingerprint density at radius 2 is 1.10 bits per heavy atom. The van der Waals surface area contributed by atoms with Crippen LogP contribution < -0.4 is 0 Å². The van der Waals surface area contributed by atoms with Crippen LogP contribution in [0.2, 0.25) is 0 Å². The number of hydrogen-bond acceptors (Lipinski definition) is 4. The molecular weight excluding hydrogens is 819 g/mol. The molecule has 0 aliphatic rings. The molecule has 6 heteroatoms. The fraction of sp³-hybridized carbons (Fsp3) is 0.174. The second-order valence-electron chi connectivity index (χ2n) is 14.2. The number of fused-ring (bicyclic) bond motifs is 2. The van der Waals surface area contributed by atoms with Gasteiger partial charge in [-0.05, 0) is 56.8 Å². The first-order chi connectivity index (χ1) is 24.3. The number of nitrogens with zero attached hydrogens (tertiary/aromatic N) is 3. The van der Waals surface area contributed by atoms with Gasteiger partial charge in [0, 0.05) is 26.3 Å². The zero-order valence-corrected chi connectivity index (χ0v) is 32.8. The van der Waals surface area contributed by atoms with E-state index in [1.165, 1.54) is 34.2 Å². The van der Waals surface area contributed by atoms with Crippen LogP contribution in [0.5, 0.6) is 0 Å². The van der Waals surface area contributed by atoms with E-state index in [0.29, 0.717) is 0 Å². The van der Waals surface area contributed by atoms with Gasteiger partial charge in [0.25, 0.3) is 0 Å². The summed E-state index contributed by atoms with van der Waals surface area (Å²) in [7, 11) is 0. The molecule has 1 radical (unpaired) electrons. The van der Waals surface area contributed by atoms with E-state index in [4.69, 9.17) is 15.1 Å². The molecule has 5 nitrogen and oxygen atoms in total. The Labute approximate surface area is 320 Å². The Kier molecular flexibility index (Phi) is 13.1. The molecule has 3 heterocycles. The maximum atomic E-state index is 10.3. The van der Waals surface area contributed by atoms with Gasteiger partial charge < -0.3 is 5.11 Å². The molecule has 3 aromatic heterocycles. The average molecular weight is 862 g/mol. The molecule has 0 saturated heterocycles. The van der Waals surface area contributed by atoms with Gasteiger partial charge in [0.2, 0.25) is 0 Å². The van der Waals surface area contributed by atoms with Crippen molar-refractivity contribution in [2.24, 2.45) is 0 Å². The predicted octanol–water partition coefficient (Wildman–Crippen LogP) is 11.4. The van der Waals surface area contributed by atoms with Crippen LogP contribution in [0.25, 0.3) is 50.4 Å². The predicted molar refractivity (Wildman–Crippen MR) is 211 cm³/mol. The van der Waals surface area contributed by atoms with E-state index in [-0.39, 0.29) is 36.6 Å². The van der Waals surface area contributed by atoms with Crippen LogP contribution in [-0.2, 0) is 30.9 Å². The van der Waals surface area contributed by atoms with E-state index in [2.05, 4.69) is 138 Å². The summed E-state index contributed by atoms with van der Waals surface area (Å²) >= 11 is 0. The number of aromatic nitrogens is 3. The number of carbonyl (C=O) groups is 1. The van der Waals surface area contributed by atoms with Crippen molar-refractivity contribution < 1.29 is 30.0 Å². The van der Waals surface area contributed by atoms with E-state index >= 15 is 0 Å². The molecule has 0 atom stereocenters. The number of carboxylic acid groups (broad SMARTS) is 1. The van der Waals surface area contributed by atoms with Crippen LogP contribution in [-0.4, -0.2) is 26.0 Å². The van der Waals surface area contributed by atoms with E-state index in [1.54, 1.807) is 12.1 Å². The van der Waals surface area contributed by atoms with Crippen molar-refractivity contribution in [3.63, 3.8) is 0 Å². The molecule has 0 aliphatic heterocycles. The molecule has 52 heavy (non-hydrogen) atoms. The first-order valence-corrected chi connectivity index (χ1v) is 16.9. The summed E-state index contributed by atoms with van der Waals surface area (Å²) in [4.78, 5) is 23.4. The Morgan fingerprint density at radius 1 is 0.635 bits per heavy atom. The van der Waals surface area contributed by atoms with Gasteiger partial charge in [-0.2, -0.15) is 0 Å². The van der Waals surface area contributed by atoms with Gasteiger partial charge in [0.05, 0.1) is 11.0 Å². The van der Waals surface area contributed by atoms with Crippen LogP contribution in [0.15, 0.2) is 134 Å². The van der Waals surface area contributed by atoms with Gasteiger partial charge in [-0.1, -0.05) is 121 Å². The smallest absolute Gasteiger partial charge is 0.354 e. The summed E-state index contributed by atoms with van der Waals surface area (Å²) in [5.41, 5.74) is 9.87. The van der Waals surface area contributed by atoms with E-state index in [0.717, 1.165) is 39.1 Å². The van der Waals surface area contributed by atoms with Gasteiger partial charge in [0.1, 0.15) is 5.69 Å². The van der Waals surface area contributed by atoms with Gasteiger partial charge in [-0.25, -0.2) is 9.78 Å². The molecule has 4 aromatic carbocycles. The maximum Gasteiger partial charge on any atom is 0.354 e. The fourth-order valence-electron chi connectivity index (χ4n) is 5.19. The fourth-order valence-corrected chi connectivity index (χ4v) is 5.19. The molecule has 0 spiro atoms. The molecule has 0 unspecified atom stereocenters. The minimum Gasteiger partial charge on any atom is -0.477 e. The van der Waals surface area contributed by atoms with Crippen LogP contribution in [0, 0.1) is 12.1 Å². The van der Waals surface area contributed by atoms with Crippen molar-refractivity contribution >= 4 is 33.9 Å².